The molecule has 6 nitrogen and oxygen atoms in total. The van der Waals surface area contributed by atoms with Crippen LogP contribution in [-0.4, -0.2) is 36.7 Å². The molecule has 0 bridgehead atoms. The molecule has 148 valence electrons. The quantitative estimate of drug-likeness (QED) is 0.646. The van der Waals surface area contributed by atoms with E-state index in [1.807, 2.05) is 30.5 Å². The van der Waals surface area contributed by atoms with Crippen molar-refractivity contribution in [2.75, 3.05) is 13.1 Å². The topological polar surface area (TPSA) is 82.3 Å². The van der Waals surface area contributed by atoms with Gasteiger partial charge in [0, 0.05) is 35.1 Å². The van der Waals surface area contributed by atoms with Crippen LogP contribution in [0.3, 0.4) is 0 Å². The van der Waals surface area contributed by atoms with Gasteiger partial charge in [-0.1, -0.05) is 24.6 Å². The second-order valence-corrected chi connectivity index (χ2v) is 10.3. The van der Waals surface area contributed by atoms with Gasteiger partial charge in [0.1, 0.15) is 4.21 Å². The van der Waals surface area contributed by atoms with Crippen molar-refractivity contribution in [3.8, 4) is 0 Å². The van der Waals surface area contributed by atoms with Crippen molar-refractivity contribution in [2.45, 2.75) is 36.4 Å². The number of carbonyl (C=O) groups excluding carboxylic acids is 1. The third-order valence-electron chi connectivity index (χ3n) is 5.03. The number of hydrogen-bond acceptors (Lipinski definition) is 4. The Morgan fingerprint density at radius 1 is 1.11 bits per heavy atom. The summed E-state index contributed by atoms with van der Waals surface area (Å²) in [6.07, 6.45) is 5.07. The highest BCUT2D eigenvalue weighted by molar-refractivity contribution is 7.91. The van der Waals surface area contributed by atoms with Gasteiger partial charge in [-0.3, -0.25) is 4.79 Å². The number of thiophene rings is 1. The second-order valence-electron chi connectivity index (χ2n) is 7.00. The van der Waals surface area contributed by atoms with Crippen molar-refractivity contribution < 1.29 is 13.2 Å². The minimum absolute atomic E-state index is 0.0846. The number of carbonyl (C=O) groups is 1. The van der Waals surface area contributed by atoms with Crippen LogP contribution in [0.25, 0.3) is 10.9 Å². The van der Waals surface area contributed by atoms with Crippen molar-refractivity contribution in [1.82, 2.24) is 14.6 Å². The molecule has 0 aliphatic carbocycles. The molecule has 1 aliphatic heterocycles. The van der Waals surface area contributed by atoms with E-state index in [4.69, 9.17) is 0 Å². The van der Waals surface area contributed by atoms with Crippen molar-refractivity contribution >= 4 is 38.2 Å². The normalized spacial score (nSPS) is 15.7. The fourth-order valence-corrected chi connectivity index (χ4v) is 6.49. The fraction of sp³-hybridized carbons (Fsp3) is 0.350. The Morgan fingerprint density at radius 3 is 2.71 bits per heavy atom. The van der Waals surface area contributed by atoms with Crippen LogP contribution in [0.1, 0.15) is 29.7 Å². The lowest BCUT2D eigenvalue weighted by Gasteiger charge is -2.25. The minimum Gasteiger partial charge on any atom is -0.361 e. The van der Waals surface area contributed by atoms with Crippen LogP contribution >= 0.6 is 11.3 Å². The molecule has 1 saturated heterocycles. The van der Waals surface area contributed by atoms with E-state index in [9.17, 15) is 13.2 Å². The molecule has 0 saturated carbocycles. The maximum atomic E-state index is 12.7. The average molecular weight is 418 g/mol. The van der Waals surface area contributed by atoms with Crippen LogP contribution in [0.4, 0.5) is 0 Å². The second kappa shape index (κ2) is 8.06. The Morgan fingerprint density at radius 2 is 1.89 bits per heavy atom. The molecule has 0 spiro atoms. The zero-order valence-electron chi connectivity index (χ0n) is 15.5. The van der Waals surface area contributed by atoms with Crippen LogP contribution in [0.15, 0.2) is 46.8 Å². The van der Waals surface area contributed by atoms with Crippen molar-refractivity contribution in [1.29, 1.82) is 0 Å². The molecule has 1 aromatic carbocycles. The van der Waals surface area contributed by atoms with Crippen molar-refractivity contribution in [2.24, 2.45) is 0 Å². The summed E-state index contributed by atoms with van der Waals surface area (Å²) in [5.74, 6) is -0.0846. The Bertz CT molecular complexity index is 1080. The SMILES string of the molecule is O=C(Cc1c[nH]c2ccccc12)NCc1ccc(S(=O)(=O)N2CCCCC2)s1. The van der Waals surface area contributed by atoms with Crippen LogP contribution in [-0.2, 0) is 27.8 Å². The number of rotatable bonds is 6. The average Bonchev–Trinajstić information content (AvgIpc) is 3.35. The van der Waals surface area contributed by atoms with Crippen LogP contribution in [0, 0.1) is 0 Å². The number of piperidine rings is 1. The van der Waals surface area contributed by atoms with E-state index in [1.54, 1.807) is 16.4 Å². The molecule has 2 N–H and O–H groups in total. The molecule has 0 radical (unpaired) electrons. The monoisotopic (exact) mass is 417 g/mol. The third kappa shape index (κ3) is 3.99. The number of aromatic nitrogens is 1. The number of fused-ring (bicyclic) bond motifs is 1. The van der Waals surface area contributed by atoms with E-state index in [-0.39, 0.29) is 12.3 Å². The first-order chi connectivity index (χ1) is 13.5. The summed E-state index contributed by atoms with van der Waals surface area (Å²) in [7, 11) is -3.41. The molecule has 3 aromatic rings. The maximum Gasteiger partial charge on any atom is 0.252 e. The lowest BCUT2D eigenvalue weighted by atomic mass is 10.1. The number of benzene rings is 1. The van der Waals surface area contributed by atoms with E-state index < -0.39 is 10.0 Å². The molecule has 8 heteroatoms. The van der Waals surface area contributed by atoms with E-state index >= 15 is 0 Å². The molecule has 1 amide bonds. The highest BCUT2D eigenvalue weighted by Crippen LogP contribution is 2.27. The summed E-state index contributed by atoms with van der Waals surface area (Å²) in [5.41, 5.74) is 1.96. The predicted octanol–water partition coefficient (Wildman–Crippen LogP) is 3.26. The van der Waals surface area contributed by atoms with E-state index in [0.29, 0.717) is 23.8 Å². The summed E-state index contributed by atoms with van der Waals surface area (Å²) in [5, 5.41) is 3.94. The molecule has 3 heterocycles. The molecule has 2 aromatic heterocycles. The molecule has 0 atom stereocenters. The van der Waals surface area contributed by atoms with Gasteiger partial charge in [-0.05, 0) is 36.6 Å². The largest absolute Gasteiger partial charge is 0.361 e. The van der Waals surface area contributed by atoms with Crippen molar-refractivity contribution in [3.05, 3.63) is 53.0 Å². The number of H-pyrrole nitrogens is 1. The van der Waals surface area contributed by atoms with Gasteiger partial charge in [0.25, 0.3) is 10.0 Å². The van der Waals surface area contributed by atoms with Gasteiger partial charge in [0.05, 0.1) is 13.0 Å². The van der Waals surface area contributed by atoms with E-state index in [0.717, 1.165) is 40.6 Å². The van der Waals surface area contributed by atoms with Gasteiger partial charge in [0.2, 0.25) is 5.91 Å². The van der Waals surface area contributed by atoms with E-state index in [1.165, 1.54) is 11.3 Å². The minimum atomic E-state index is -3.41. The maximum absolute atomic E-state index is 12.7. The number of nitrogens with one attached hydrogen (secondary N) is 2. The Hall–Kier alpha value is -2.16. The molecule has 1 aliphatic rings. The first-order valence-electron chi connectivity index (χ1n) is 9.44. The molecule has 1 fully saturated rings. The number of aromatic amines is 1. The van der Waals surface area contributed by atoms with Crippen molar-refractivity contribution in [3.63, 3.8) is 0 Å². The highest BCUT2D eigenvalue weighted by Gasteiger charge is 2.27. The Kier molecular flexibility index (Phi) is 5.52. The highest BCUT2D eigenvalue weighted by atomic mass is 32.2. The Labute approximate surface area is 168 Å². The lowest BCUT2D eigenvalue weighted by molar-refractivity contribution is -0.120. The fourth-order valence-electron chi connectivity index (χ4n) is 3.52. The first-order valence-corrected chi connectivity index (χ1v) is 11.7. The lowest BCUT2D eigenvalue weighted by Crippen LogP contribution is -2.35. The molecule has 4 rings (SSSR count). The van der Waals surface area contributed by atoms with Gasteiger partial charge in [-0.2, -0.15) is 4.31 Å². The molecular weight excluding hydrogens is 394 g/mol. The summed E-state index contributed by atoms with van der Waals surface area (Å²) < 4.78 is 27.4. The van der Waals surface area contributed by atoms with Gasteiger partial charge >= 0.3 is 0 Å². The van der Waals surface area contributed by atoms with Gasteiger partial charge in [-0.15, -0.1) is 11.3 Å². The summed E-state index contributed by atoms with van der Waals surface area (Å²) in [4.78, 5) is 16.3. The molecular formula is C20H23N3O3S2. The van der Waals surface area contributed by atoms with Gasteiger partial charge in [0.15, 0.2) is 0 Å². The Balaban J connectivity index is 1.37. The summed E-state index contributed by atoms with van der Waals surface area (Å²) in [6.45, 7) is 1.52. The van der Waals surface area contributed by atoms with Crippen LogP contribution in [0.2, 0.25) is 0 Å². The molecule has 0 unspecified atom stereocenters. The van der Waals surface area contributed by atoms with Gasteiger partial charge in [-0.25, -0.2) is 8.42 Å². The molecule has 28 heavy (non-hydrogen) atoms. The van der Waals surface area contributed by atoms with Gasteiger partial charge < -0.3 is 10.3 Å². The number of nitrogens with zero attached hydrogens (tertiary/aromatic N) is 1. The smallest absolute Gasteiger partial charge is 0.252 e. The summed E-state index contributed by atoms with van der Waals surface area (Å²) in [6, 6.07) is 11.3. The standard InChI is InChI=1S/C20H23N3O3S2/c24-19(12-15-13-21-18-7-3-2-6-17(15)18)22-14-16-8-9-20(27-16)28(25,26)23-10-4-1-5-11-23/h2-3,6-9,13,21H,1,4-5,10-12,14H2,(H,22,24). The zero-order valence-corrected chi connectivity index (χ0v) is 17.1. The zero-order chi connectivity index (χ0) is 19.6. The number of sulfonamides is 1. The predicted molar refractivity (Wildman–Crippen MR) is 111 cm³/mol. The number of para-hydroxylation sites is 1. The first kappa shape index (κ1) is 19.2. The van der Waals surface area contributed by atoms with Crippen LogP contribution < -0.4 is 5.32 Å². The van der Waals surface area contributed by atoms with Crippen LogP contribution in [0.5, 0.6) is 0 Å². The number of hydrogen-bond donors (Lipinski definition) is 2. The summed E-state index contributed by atoms with van der Waals surface area (Å²) >= 11 is 1.24. The van der Waals surface area contributed by atoms with E-state index in [2.05, 4.69) is 10.3 Å². The third-order valence-corrected chi connectivity index (χ3v) is 8.48. The number of amides is 1.